The van der Waals surface area contributed by atoms with Crippen molar-refractivity contribution in [3.63, 3.8) is 0 Å². The largest absolute Gasteiger partial charge is 0.453 e. The molecule has 0 aliphatic carbocycles. The minimum absolute atomic E-state index is 0.196. The normalized spacial score (nSPS) is 18.8. The van der Waals surface area contributed by atoms with Crippen LogP contribution >= 0.6 is 0 Å². The molecule has 1 N–H and O–H groups in total. The van der Waals surface area contributed by atoms with Crippen LogP contribution in [0.5, 0.6) is 0 Å². The van der Waals surface area contributed by atoms with Gasteiger partial charge in [0.1, 0.15) is 0 Å². The van der Waals surface area contributed by atoms with Crippen LogP contribution in [-0.4, -0.2) is 28.1 Å². The van der Waals surface area contributed by atoms with Gasteiger partial charge in [0.15, 0.2) is 0 Å². The Balaban J connectivity index is 2.41. The Morgan fingerprint density at radius 2 is 2.47 bits per heavy atom. The van der Waals surface area contributed by atoms with Crippen molar-refractivity contribution in [1.82, 2.24) is 14.9 Å². The molecule has 1 aromatic rings. The highest BCUT2D eigenvalue weighted by Crippen LogP contribution is 2.29. The van der Waals surface area contributed by atoms with Crippen LogP contribution in [-0.2, 0) is 11.3 Å². The van der Waals surface area contributed by atoms with Gasteiger partial charge in [0.2, 0.25) is 0 Å². The summed E-state index contributed by atoms with van der Waals surface area (Å²) in [6, 6.07) is -0.213. The predicted molar refractivity (Wildman–Crippen MR) is 51.2 cm³/mol. The van der Waals surface area contributed by atoms with E-state index in [1.807, 2.05) is 6.92 Å². The number of amides is 1. The lowest BCUT2D eigenvalue weighted by Gasteiger charge is -2.18. The monoisotopic (exact) mass is 209 g/mol. The summed E-state index contributed by atoms with van der Waals surface area (Å²) in [6.45, 7) is 2.07. The number of methoxy groups -OCH3 is 1. The topological polar surface area (TPSA) is 75.3 Å². The fraction of sp³-hybridized carbons (Fsp3) is 0.444. The summed E-state index contributed by atoms with van der Waals surface area (Å²) < 4.78 is 4.62. The summed E-state index contributed by atoms with van der Waals surface area (Å²) in [5.41, 5.74) is 0.984. The molecule has 1 aliphatic heterocycles. The molecule has 1 amide bonds. The van der Waals surface area contributed by atoms with E-state index >= 15 is 0 Å². The number of carbonyl (C=O) groups excluding carboxylic acids is 1. The molecule has 0 radical (unpaired) electrons. The number of ether oxygens (including phenoxy) is 1. The maximum absolute atomic E-state index is 11.4. The van der Waals surface area contributed by atoms with Gasteiger partial charge in [-0.15, -0.1) is 0 Å². The summed E-state index contributed by atoms with van der Waals surface area (Å²) in [5, 5.41) is 0. The van der Waals surface area contributed by atoms with Gasteiger partial charge in [0.05, 0.1) is 37.3 Å². The lowest BCUT2D eigenvalue weighted by atomic mass is 10.2. The van der Waals surface area contributed by atoms with Gasteiger partial charge in [-0.25, -0.2) is 9.78 Å². The zero-order valence-electron chi connectivity index (χ0n) is 8.48. The van der Waals surface area contributed by atoms with Gasteiger partial charge in [-0.1, -0.05) is 0 Å². The number of fused-ring (bicyclic) bond motifs is 1. The van der Waals surface area contributed by atoms with Gasteiger partial charge in [-0.2, -0.15) is 0 Å². The second kappa shape index (κ2) is 3.38. The highest BCUT2D eigenvalue weighted by molar-refractivity contribution is 5.69. The maximum atomic E-state index is 11.4. The molecule has 0 spiro atoms. The van der Waals surface area contributed by atoms with Crippen LogP contribution in [0, 0.1) is 0 Å². The second-order valence-corrected chi connectivity index (χ2v) is 3.37. The second-order valence-electron chi connectivity index (χ2n) is 3.37. The van der Waals surface area contributed by atoms with E-state index in [9.17, 15) is 9.59 Å². The summed E-state index contributed by atoms with van der Waals surface area (Å²) >= 11 is 0. The van der Waals surface area contributed by atoms with Crippen molar-refractivity contribution in [2.75, 3.05) is 7.11 Å². The first kappa shape index (κ1) is 9.70. The van der Waals surface area contributed by atoms with E-state index in [0.717, 1.165) is 0 Å². The Bertz CT molecular complexity index is 454. The summed E-state index contributed by atoms with van der Waals surface area (Å²) in [7, 11) is 1.32. The first-order valence-electron chi connectivity index (χ1n) is 4.56. The summed E-state index contributed by atoms with van der Waals surface area (Å²) in [5.74, 6) is 0. The first-order chi connectivity index (χ1) is 7.15. The lowest BCUT2D eigenvalue weighted by molar-refractivity contribution is 0.111. The standard InChI is InChI=1S/C9H11N3O3/c1-5-7-6(8(13)11-4-10-7)3-12(5)9(14)15-2/h4-5H,3H2,1-2H3,(H,10,11,13). The van der Waals surface area contributed by atoms with E-state index in [1.165, 1.54) is 18.3 Å². The van der Waals surface area contributed by atoms with Crippen LogP contribution in [0.15, 0.2) is 11.1 Å². The molecule has 6 nitrogen and oxygen atoms in total. The van der Waals surface area contributed by atoms with E-state index < -0.39 is 6.09 Å². The van der Waals surface area contributed by atoms with Crippen LogP contribution in [0.1, 0.15) is 24.2 Å². The molecule has 2 heterocycles. The Morgan fingerprint density at radius 3 is 3.07 bits per heavy atom. The molecular weight excluding hydrogens is 198 g/mol. The van der Waals surface area contributed by atoms with Crippen molar-refractivity contribution in [3.05, 3.63) is 27.9 Å². The van der Waals surface area contributed by atoms with Gasteiger partial charge < -0.3 is 9.72 Å². The number of carbonyl (C=O) groups is 1. The molecule has 2 rings (SSSR count). The molecule has 80 valence electrons. The van der Waals surface area contributed by atoms with Crippen LogP contribution in [0.3, 0.4) is 0 Å². The number of aromatic nitrogens is 2. The number of hydrogen-bond acceptors (Lipinski definition) is 4. The molecule has 6 heteroatoms. The summed E-state index contributed by atoms with van der Waals surface area (Å²) in [6.07, 6.45) is 0.901. The molecule has 1 unspecified atom stereocenters. The van der Waals surface area contributed by atoms with E-state index in [0.29, 0.717) is 11.3 Å². The SMILES string of the molecule is COC(=O)N1Cc2c(nc[nH]c2=O)C1C. The quantitative estimate of drug-likeness (QED) is 0.671. The van der Waals surface area contributed by atoms with Crippen molar-refractivity contribution in [1.29, 1.82) is 0 Å². The molecule has 0 aromatic carbocycles. The Hall–Kier alpha value is -1.85. The van der Waals surface area contributed by atoms with Crippen LogP contribution < -0.4 is 5.56 Å². The summed E-state index contributed by atoms with van der Waals surface area (Å²) in [4.78, 5) is 30.8. The number of rotatable bonds is 0. The van der Waals surface area contributed by atoms with Crippen LogP contribution in [0.4, 0.5) is 4.79 Å². The van der Waals surface area contributed by atoms with Crippen molar-refractivity contribution < 1.29 is 9.53 Å². The molecule has 0 saturated heterocycles. The third-order valence-corrected chi connectivity index (χ3v) is 2.58. The lowest BCUT2D eigenvalue weighted by Crippen LogP contribution is -2.28. The minimum Gasteiger partial charge on any atom is -0.453 e. The van der Waals surface area contributed by atoms with Crippen molar-refractivity contribution in [3.8, 4) is 0 Å². The molecule has 15 heavy (non-hydrogen) atoms. The Morgan fingerprint density at radius 1 is 1.73 bits per heavy atom. The Kier molecular flexibility index (Phi) is 2.18. The van der Waals surface area contributed by atoms with Crippen molar-refractivity contribution >= 4 is 6.09 Å². The van der Waals surface area contributed by atoms with Crippen molar-refractivity contribution in [2.24, 2.45) is 0 Å². The highest BCUT2D eigenvalue weighted by atomic mass is 16.5. The van der Waals surface area contributed by atoms with E-state index in [-0.39, 0.29) is 18.1 Å². The number of nitrogens with zero attached hydrogens (tertiary/aromatic N) is 2. The number of H-pyrrole nitrogens is 1. The smallest absolute Gasteiger partial charge is 0.410 e. The third kappa shape index (κ3) is 1.38. The molecule has 1 aliphatic rings. The van der Waals surface area contributed by atoms with Gasteiger partial charge >= 0.3 is 6.09 Å². The Labute approximate surface area is 85.9 Å². The average molecular weight is 209 g/mol. The van der Waals surface area contributed by atoms with Gasteiger partial charge in [-0.05, 0) is 6.92 Å². The molecule has 1 atom stereocenters. The average Bonchev–Trinajstić information content (AvgIpc) is 2.57. The molecule has 0 bridgehead atoms. The van der Waals surface area contributed by atoms with E-state index in [4.69, 9.17) is 0 Å². The zero-order valence-corrected chi connectivity index (χ0v) is 8.48. The maximum Gasteiger partial charge on any atom is 0.410 e. The van der Waals surface area contributed by atoms with E-state index in [2.05, 4.69) is 14.7 Å². The van der Waals surface area contributed by atoms with Gasteiger partial charge in [0.25, 0.3) is 5.56 Å². The van der Waals surface area contributed by atoms with Crippen LogP contribution in [0.25, 0.3) is 0 Å². The minimum atomic E-state index is -0.445. The molecule has 1 aromatic heterocycles. The third-order valence-electron chi connectivity index (χ3n) is 2.58. The first-order valence-corrected chi connectivity index (χ1v) is 4.56. The fourth-order valence-corrected chi connectivity index (χ4v) is 1.75. The number of aromatic amines is 1. The predicted octanol–water partition coefficient (Wildman–Crippen LogP) is 0.413. The highest BCUT2D eigenvalue weighted by Gasteiger charge is 2.33. The molecule has 0 saturated carbocycles. The fourth-order valence-electron chi connectivity index (χ4n) is 1.75. The molecular formula is C9H11N3O3. The number of nitrogens with one attached hydrogen (secondary N) is 1. The zero-order chi connectivity index (χ0) is 11.0. The number of hydrogen-bond donors (Lipinski definition) is 1. The molecule has 0 fully saturated rings. The van der Waals surface area contributed by atoms with Crippen LogP contribution in [0.2, 0.25) is 0 Å². The van der Waals surface area contributed by atoms with Crippen molar-refractivity contribution in [2.45, 2.75) is 19.5 Å². The van der Waals surface area contributed by atoms with Gasteiger partial charge in [0, 0.05) is 0 Å². The van der Waals surface area contributed by atoms with Gasteiger partial charge in [-0.3, -0.25) is 9.69 Å². The van der Waals surface area contributed by atoms with E-state index in [1.54, 1.807) is 0 Å².